The fourth-order valence-corrected chi connectivity index (χ4v) is 3.94. The van der Waals surface area contributed by atoms with Crippen molar-refractivity contribution in [3.63, 3.8) is 0 Å². The highest BCUT2D eigenvalue weighted by molar-refractivity contribution is 6.06. The van der Waals surface area contributed by atoms with Gasteiger partial charge in [0, 0.05) is 36.3 Å². The van der Waals surface area contributed by atoms with Gasteiger partial charge in [-0.1, -0.05) is 13.0 Å². The molecule has 2 atom stereocenters. The second kappa shape index (κ2) is 5.60. The van der Waals surface area contributed by atoms with E-state index in [2.05, 4.69) is 29.4 Å². The van der Waals surface area contributed by atoms with Gasteiger partial charge in [-0.05, 0) is 49.9 Å². The number of carbonyl (C=O) groups is 1. The Hall–Kier alpha value is -1.94. The van der Waals surface area contributed by atoms with E-state index in [-0.39, 0.29) is 5.91 Å². The molecule has 0 radical (unpaired) electrons. The zero-order valence-corrected chi connectivity index (χ0v) is 13.8. The summed E-state index contributed by atoms with van der Waals surface area (Å²) >= 11 is 0. The third-order valence-electron chi connectivity index (χ3n) is 5.14. The number of nitrogens with zero attached hydrogens (tertiary/aromatic N) is 2. The van der Waals surface area contributed by atoms with Crippen molar-refractivity contribution in [3.8, 4) is 0 Å². The van der Waals surface area contributed by atoms with Crippen LogP contribution < -0.4 is 5.32 Å². The van der Waals surface area contributed by atoms with E-state index in [1.54, 1.807) is 0 Å². The summed E-state index contributed by atoms with van der Waals surface area (Å²) in [6.07, 6.45) is 3.34. The van der Waals surface area contributed by atoms with Gasteiger partial charge in [-0.2, -0.15) is 0 Å². The number of amides is 1. The Balaban J connectivity index is 1.76. The molecular weight excluding hydrogens is 286 g/mol. The quantitative estimate of drug-likeness (QED) is 0.927. The second-order valence-electron chi connectivity index (χ2n) is 6.86. The summed E-state index contributed by atoms with van der Waals surface area (Å²) in [5.74, 6) is 0.159. The van der Waals surface area contributed by atoms with Crippen LogP contribution in [0.15, 0.2) is 24.3 Å². The number of carbonyl (C=O) groups excluding carboxylic acids is 1. The van der Waals surface area contributed by atoms with Gasteiger partial charge in [-0.15, -0.1) is 0 Å². The van der Waals surface area contributed by atoms with Gasteiger partial charge in [0.15, 0.2) is 0 Å². The third kappa shape index (κ3) is 2.61. The maximum atomic E-state index is 13.2. The molecule has 0 aliphatic carbocycles. The molecule has 1 amide bonds. The Morgan fingerprint density at radius 2 is 2.00 bits per heavy atom. The van der Waals surface area contributed by atoms with Gasteiger partial charge in [0.25, 0.3) is 5.91 Å². The molecule has 23 heavy (non-hydrogen) atoms. The van der Waals surface area contributed by atoms with Crippen LogP contribution in [0.2, 0.25) is 0 Å². The predicted molar refractivity (Wildman–Crippen MR) is 91.7 cm³/mol. The minimum atomic E-state index is 0.159. The Labute approximate surface area is 136 Å². The monoisotopic (exact) mass is 309 g/mol. The molecule has 2 aliphatic heterocycles. The molecule has 1 aromatic carbocycles. The average Bonchev–Trinajstić information content (AvgIpc) is 2.91. The molecule has 0 unspecified atom stereocenters. The van der Waals surface area contributed by atoms with Gasteiger partial charge in [-0.3, -0.25) is 9.78 Å². The van der Waals surface area contributed by atoms with E-state index in [9.17, 15) is 4.79 Å². The van der Waals surface area contributed by atoms with Gasteiger partial charge in [0.05, 0.1) is 11.1 Å². The molecule has 2 saturated heterocycles. The standard InChI is InChI=1S/C19H23N3O/c1-3-13-4-7-18-16(9-13)17(8-12(2)20-18)19(23)22-10-14-5-6-15(11-22)21-14/h4,7-9,14-15,21H,3,5-6,10-11H2,1-2H3/t14-,15+. The lowest BCUT2D eigenvalue weighted by molar-refractivity contribution is 0.0699. The molecule has 4 nitrogen and oxygen atoms in total. The predicted octanol–water partition coefficient (Wildman–Crippen LogP) is 2.68. The van der Waals surface area contributed by atoms with E-state index in [0.29, 0.717) is 12.1 Å². The summed E-state index contributed by atoms with van der Waals surface area (Å²) in [7, 11) is 0. The molecule has 2 fully saturated rings. The number of aryl methyl sites for hydroxylation is 2. The van der Waals surface area contributed by atoms with E-state index in [1.165, 1.54) is 18.4 Å². The molecule has 1 aromatic heterocycles. The number of likely N-dealkylation sites (tertiary alicyclic amines) is 1. The van der Waals surface area contributed by atoms with Crippen molar-refractivity contribution in [3.05, 3.63) is 41.1 Å². The topological polar surface area (TPSA) is 45.2 Å². The van der Waals surface area contributed by atoms with Gasteiger partial charge < -0.3 is 10.2 Å². The molecule has 4 rings (SSSR count). The molecular formula is C19H23N3O. The highest BCUT2D eigenvalue weighted by Gasteiger charge is 2.34. The largest absolute Gasteiger partial charge is 0.336 e. The highest BCUT2D eigenvalue weighted by Crippen LogP contribution is 2.25. The fourth-order valence-electron chi connectivity index (χ4n) is 3.94. The first-order valence-corrected chi connectivity index (χ1v) is 8.59. The van der Waals surface area contributed by atoms with Crippen LogP contribution in [0, 0.1) is 6.92 Å². The molecule has 2 aliphatic rings. The minimum Gasteiger partial charge on any atom is -0.336 e. The number of pyridine rings is 1. The number of rotatable bonds is 2. The molecule has 120 valence electrons. The number of piperazine rings is 1. The molecule has 2 aromatic rings. The van der Waals surface area contributed by atoms with Crippen LogP contribution >= 0.6 is 0 Å². The Morgan fingerprint density at radius 3 is 2.70 bits per heavy atom. The normalized spacial score (nSPS) is 23.5. The Bertz CT molecular complexity index is 759. The van der Waals surface area contributed by atoms with E-state index in [4.69, 9.17) is 0 Å². The minimum absolute atomic E-state index is 0.159. The number of hydrogen-bond donors (Lipinski definition) is 1. The van der Waals surface area contributed by atoms with Crippen molar-refractivity contribution in [1.29, 1.82) is 0 Å². The lowest BCUT2D eigenvalue weighted by Crippen LogP contribution is -2.53. The van der Waals surface area contributed by atoms with Crippen LogP contribution in [-0.4, -0.2) is 41.0 Å². The molecule has 3 heterocycles. The van der Waals surface area contributed by atoms with Crippen molar-refractivity contribution < 1.29 is 4.79 Å². The zero-order chi connectivity index (χ0) is 16.0. The summed E-state index contributed by atoms with van der Waals surface area (Å²) in [5.41, 5.74) is 3.88. The molecule has 4 heteroatoms. The maximum absolute atomic E-state index is 13.2. The summed E-state index contributed by atoms with van der Waals surface area (Å²) in [6, 6.07) is 9.17. The van der Waals surface area contributed by atoms with Gasteiger partial charge >= 0.3 is 0 Å². The van der Waals surface area contributed by atoms with Crippen LogP contribution in [0.1, 0.15) is 41.4 Å². The lowest BCUT2D eigenvalue weighted by Gasteiger charge is -2.33. The zero-order valence-electron chi connectivity index (χ0n) is 13.8. The van der Waals surface area contributed by atoms with Crippen LogP contribution in [0.25, 0.3) is 10.9 Å². The summed E-state index contributed by atoms with van der Waals surface area (Å²) < 4.78 is 0. The average molecular weight is 309 g/mol. The molecule has 0 spiro atoms. The Morgan fingerprint density at radius 1 is 1.26 bits per heavy atom. The van der Waals surface area contributed by atoms with E-state index in [1.807, 2.05) is 24.0 Å². The van der Waals surface area contributed by atoms with Gasteiger partial charge in [0.2, 0.25) is 0 Å². The number of aromatic nitrogens is 1. The van der Waals surface area contributed by atoms with Crippen molar-refractivity contribution in [1.82, 2.24) is 15.2 Å². The molecule has 2 bridgehead atoms. The number of hydrogen-bond acceptors (Lipinski definition) is 3. The number of nitrogens with one attached hydrogen (secondary N) is 1. The van der Waals surface area contributed by atoms with Gasteiger partial charge in [0.1, 0.15) is 0 Å². The summed E-state index contributed by atoms with van der Waals surface area (Å²) in [6.45, 7) is 5.75. The van der Waals surface area contributed by atoms with Crippen molar-refractivity contribution in [2.75, 3.05) is 13.1 Å². The van der Waals surface area contributed by atoms with E-state index >= 15 is 0 Å². The van der Waals surface area contributed by atoms with Crippen LogP contribution in [0.3, 0.4) is 0 Å². The first-order chi connectivity index (χ1) is 11.1. The Kier molecular flexibility index (Phi) is 3.57. The van der Waals surface area contributed by atoms with E-state index in [0.717, 1.165) is 41.7 Å². The van der Waals surface area contributed by atoms with Crippen molar-refractivity contribution in [2.24, 2.45) is 0 Å². The smallest absolute Gasteiger partial charge is 0.254 e. The lowest BCUT2D eigenvalue weighted by atomic mass is 10.0. The first-order valence-electron chi connectivity index (χ1n) is 8.59. The maximum Gasteiger partial charge on any atom is 0.254 e. The first kappa shape index (κ1) is 14.6. The SMILES string of the molecule is CCc1ccc2nc(C)cc(C(=O)N3C[C@H]4CC[C@@H](C3)N4)c2c1. The molecule has 0 saturated carbocycles. The van der Waals surface area contributed by atoms with E-state index < -0.39 is 0 Å². The van der Waals surface area contributed by atoms with Crippen molar-refractivity contribution in [2.45, 2.75) is 45.2 Å². The van der Waals surface area contributed by atoms with Gasteiger partial charge in [-0.25, -0.2) is 0 Å². The highest BCUT2D eigenvalue weighted by atomic mass is 16.2. The van der Waals surface area contributed by atoms with Crippen LogP contribution in [0.5, 0.6) is 0 Å². The summed E-state index contributed by atoms with van der Waals surface area (Å²) in [5, 5.41) is 4.58. The second-order valence-corrected chi connectivity index (χ2v) is 6.86. The van der Waals surface area contributed by atoms with Crippen LogP contribution in [0.4, 0.5) is 0 Å². The number of benzene rings is 1. The van der Waals surface area contributed by atoms with Crippen molar-refractivity contribution >= 4 is 16.8 Å². The van der Waals surface area contributed by atoms with Crippen LogP contribution in [-0.2, 0) is 6.42 Å². The fraction of sp³-hybridized carbons (Fsp3) is 0.474. The summed E-state index contributed by atoms with van der Waals surface area (Å²) in [4.78, 5) is 19.8. The molecule has 1 N–H and O–H groups in total. The third-order valence-corrected chi connectivity index (χ3v) is 5.14. The number of fused-ring (bicyclic) bond motifs is 3.